The van der Waals surface area contributed by atoms with Gasteiger partial charge in [0.2, 0.25) is 0 Å². The van der Waals surface area contributed by atoms with Crippen molar-refractivity contribution in [1.29, 1.82) is 0 Å². The monoisotopic (exact) mass is 1400 g/mol. The fourth-order valence-electron chi connectivity index (χ4n) is 8.16. The first-order valence-electron chi connectivity index (χ1n) is 25.7. The van der Waals surface area contributed by atoms with E-state index >= 15 is 0 Å². The summed E-state index contributed by atoms with van der Waals surface area (Å²) in [7, 11) is 0. The van der Waals surface area contributed by atoms with E-state index in [1.807, 2.05) is 97.1 Å². The van der Waals surface area contributed by atoms with Crippen LogP contribution in [0.3, 0.4) is 0 Å². The van der Waals surface area contributed by atoms with Crippen molar-refractivity contribution in [3.8, 4) is 0 Å². The molecule has 0 fully saturated rings. The van der Waals surface area contributed by atoms with Gasteiger partial charge in [-0.15, -0.1) is 23.0 Å². The molecular weight excluding hydrogens is 1340 g/mol. The van der Waals surface area contributed by atoms with E-state index < -0.39 is 0 Å². The number of nitrogens with zero attached hydrogens (tertiary/aromatic N) is 4. The summed E-state index contributed by atoms with van der Waals surface area (Å²) >= 11 is 24.1. The predicted octanol–water partition coefficient (Wildman–Crippen LogP) is 14.2. The fraction of sp³-hybridized carbons (Fsp3) is 0.118. The standard InChI is InChI=1S/2C24H14Cl2N2.4C5H8O2.2Ru/c2*25-16-7-11-18(12-8-16)27-23-20-5-1-3-15-4-2-6-21(22(15)20)24(23)28-19-13-9-17(26)10-14-19;4*1-4(6)3-5(2)7;;/h2*1-14H;4*3,6H,1-2H3;;/q;;;;;;2*+2/p-4/b;;4*4-3-;;. The van der Waals surface area contributed by atoms with Gasteiger partial charge in [0.05, 0.1) is 45.6 Å². The first-order valence-corrected chi connectivity index (χ1v) is 27.3. The van der Waals surface area contributed by atoms with Crippen molar-refractivity contribution < 1.29 is 78.6 Å². The second-order valence-electron chi connectivity index (χ2n) is 18.6. The number of aliphatic imine (C=N–C) groups is 4. The van der Waals surface area contributed by atoms with Gasteiger partial charge in [-0.3, -0.25) is 19.2 Å². The molecule has 8 aromatic rings. The Balaban J connectivity index is 0.000000310. The van der Waals surface area contributed by atoms with E-state index in [4.69, 9.17) is 66.4 Å². The maximum absolute atomic E-state index is 9.98. The molecule has 0 radical (unpaired) electrons. The van der Waals surface area contributed by atoms with Gasteiger partial charge in [0.15, 0.2) is 23.1 Å². The van der Waals surface area contributed by atoms with Gasteiger partial charge in [0, 0.05) is 53.1 Å². The van der Waals surface area contributed by atoms with E-state index in [2.05, 4.69) is 72.8 Å². The van der Waals surface area contributed by atoms with E-state index in [1.165, 1.54) is 76.9 Å². The molecule has 10 rings (SSSR count). The second kappa shape index (κ2) is 35.6. The number of rotatable bonds is 8. The molecule has 12 nitrogen and oxygen atoms in total. The summed E-state index contributed by atoms with van der Waals surface area (Å²) < 4.78 is 0. The van der Waals surface area contributed by atoms with Crippen molar-refractivity contribution in [2.45, 2.75) is 55.4 Å². The smallest absolute Gasteiger partial charge is 0.876 e. The average Bonchev–Trinajstić information content (AvgIpc) is 1.67. The van der Waals surface area contributed by atoms with Crippen LogP contribution in [-0.4, -0.2) is 46.0 Å². The van der Waals surface area contributed by atoms with Crippen molar-refractivity contribution in [2.24, 2.45) is 20.0 Å². The zero-order valence-corrected chi connectivity index (χ0v) is 54.2. The molecule has 0 spiro atoms. The minimum atomic E-state index is -0.187. The van der Waals surface area contributed by atoms with Crippen molar-refractivity contribution in [3.05, 3.63) is 260 Å². The normalized spacial score (nSPS) is 13.9. The van der Waals surface area contributed by atoms with Crippen molar-refractivity contribution >= 4 is 137 Å². The van der Waals surface area contributed by atoms with Crippen LogP contribution in [0.4, 0.5) is 22.7 Å². The van der Waals surface area contributed by atoms with Gasteiger partial charge in [-0.05, 0) is 160 Å². The van der Waals surface area contributed by atoms with E-state index in [0.717, 1.165) is 92.2 Å². The SMILES string of the molecule is CC(=O)/C=C(/C)[O-].CC(=O)/C=C(/C)[O-].CC(=O)/C=C(/C)[O-].CC(=O)/C=C(/C)[O-].Clc1ccc(N=C2C(=Nc3ccc(Cl)cc3)c3cccc4cccc2c34)cc1.Clc1ccc(N=C2C(=Nc3ccc(Cl)cc3)c3cccc4cccc2c34)cc1.[Ru+2].[Ru+2]. The Hall–Kier alpha value is -7.79. The Bertz CT molecular complexity index is 3450. The predicted molar refractivity (Wildman–Crippen MR) is 336 cm³/mol. The van der Waals surface area contributed by atoms with Crippen LogP contribution in [0, 0.1) is 0 Å². The van der Waals surface area contributed by atoms with E-state index in [0.29, 0.717) is 20.1 Å². The number of allylic oxidation sites excluding steroid dienone is 8. The molecule has 0 heterocycles. The zero-order chi connectivity index (χ0) is 61.6. The summed E-state index contributed by atoms with van der Waals surface area (Å²) in [4.78, 5) is 59.7. The third-order valence-corrected chi connectivity index (χ3v) is 12.2. The summed E-state index contributed by atoms with van der Waals surface area (Å²) in [5.41, 5.74) is 11.2. The summed E-state index contributed by atoms with van der Waals surface area (Å²) in [5.74, 6) is -1.50. The van der Waals surface area contributed by atoms with Crippen LogP contribution in [0.15, 0.2) is 237 Å². The molecule has 0 N–H and O–H groups in total. The molecule has 0 unspecified atom stereocenters. The summed E-state index contributed by atoms with van der Waals surface area (Å²) in [6.07, 6.45) is 4.22. The van der Waals surface area contributed by atoms with E-state index in [-0.39, 0.29) is 85.1 Å². The van der Waals surface area contributed by atoms with Gasteiger partial charge in [0.1, 0.15) is 0 Å². The maximum Gasteiger partial charge on any atom is 2.00 e. The number of carbonyl (C=O) groups excluding carboxylic acids is 4. The Labute approximate surface area is 545 Å². The second-order valence-corrected chi connectivity index (χ2v) is 20.4. The van der Waals surface area contributed by atoms with Crippen molar-refractivity contribution in [2.75, 3.05) is 0 Å². The summed E-state index contributed by atoms with van der Waals surface area (Å²) in [6.45, 7) is 10.8. The Morgan fingerprint density at radius 1 is 0.302 bits per heavy atom. The van der Waals surface area contributed by atoms with Crippen LogP contribution < -0.4 is 20.4 Å². The summed E-state index contributed by atoms with van der Waals surface area (Å²) in [5, 5.41) is 47.4. The molecule has 0 bridgehead atoms. The Kier molecular flexibility index (Phi) is 30.0. The molecule has 2 aliphatic rings. The molecule has 0 atom stereocenters. The topological polar surface area (TPSA) is 210 Å². The van der Waals surface area contributed by atoms with Crippen LogP contribution in [0.25, 0.3) is 21.5 Å². The molecule has 2 aliphatic carbocycles. The van der Waals surface area contributed by atoms with Gasteiger partial charge >= 0.3 is 39.0 Å². The first kappa shape index (κ1) is 72.5. The first-order chi connectivity index (χ1) is 39.9. The van der Waals surface area contributed by atoms with Gasteiger partial charge in [-0.2, -0.15) is 0 Å². The number of hydrogen-bond donors (Lipinski definition) is 0. The third-order valence-electron chi connectivity index (χ3n) is 11.2. The average molecular weight is 1400 g/mol. The molecule has 18 heteroatoms. The molecule has 440 valence electrons. The number of hydrogen-bond acceptors (Lipinski definition) is 12. The van der Waals surface area contributed by atoms with Crippen molar-refractivity contribution in [3.63, 3.8) is 0 Å². The minimum absolute atomic E-state index is 0. The van der Waals surface area contributed by atoms with E-state index in [1.54, 1.807) is 0 Å². The molecule has 0 aliphatic heterocycles. The van der Waals surface area contributed by atoms with Crippen LogP contribution in [0.1, 0.15) is 77.6 Å². The van der Waals surface area contributed by atoms with E-state index in [9.17, 15) is 39.6 Å². The maximum atomic E-state index is 9.98. The van der Waals surface area contributed by atoms with Gasteiger partial charge < -0.3 is 20.4 Å². The largest absolute Gasteiger partial charge is 2.00 e. The number of carbonyl (C=O) groups is 4. The number of benzene rings is 8. The van der Waals surface area contributed by atoms with Crippen LogP contribution in [-0.2, 0) is 58.1 Å². The summed E-state index contributed by atoms with van der Waals surface area (Å²) in [6, 6.07) is 55.2. The molecular formula is C68H56Cl4N4O8Ru2. The van der Waals surface area contributed by atoms with Gasteiger partial charge in [0.25, 0.3) is 0 Å². The number of ketones is 4. The molecule has 0 saturated heterocycles. The van der Waals surface area contributed by atoms with Gasteiger partial charge in [-0.1, -0.05) is 147 Å². The molecule has 86 heavy (non-hydrogen) atoms. The quantitative estimate of drug-likeness (QED) is 0.0809. The van der Waals surface area contributed by atoms with Crippen LogP contribution >= 0.6 is 46.4 Å². The van der Waals surface area contributed by atoms with Crippen LogP contribution in [0.2, 0.25) is 20.1 Å². The third kappa shape index (κ3) is 23.2. The van der Waals surface area contributed by atoms with Crippen LogP contribution in [0.5, 0.6) is 0 Å². The fourth-order valence-corrected chi connectivity index (χ4v) is 8.66. The molecule has 0 aromatic heterocycles. The van der Waals surface area contributed by atoms with Crippen molar-refractivity contribution in [1.82, 2.24) is 0 Å². The molecule has 8 aromatic carbocycles. The Morgan fingerprint density at radius 3 is 0.616 bits per heavy atom. The number of halogens is 4. The Morgan fingerprint density at radius 2 is 0.477 bits per heavy atom. The minimum Gasteiger partial charge on any atom is -0.876 e. The van der Waals surface area contributed by atoms with Gasteiger partial charge in [-0.25, -0.2) is 20.0 Å². The molecule has 0 amide bonds. The zero-order valence-electron chi connectivity index (χ0n) is 47.7. The molecule has 0 saturated carbocycles.